The quantitative estimate of drug-likeness (QED) is 0.682. The van der Waals surface area contributed by atoms with Crippen LogP contribution in [0.2, 0.25) is 0 Å². The maximum atomic E-state index is 12.1. The Morgan fingerprint density at radius 3 is 2.12 bits per heavy atom. The number of amides is 3. The van der Waals surface area contributed by atoms with Crippen molar-refractivity contribution in [3.05, 3.63) is 0 Å². The molecule has 0 rings (SSSR count). The lowest BCUT2D eigenvalue weighted by Gasteiger charge is -2.20. The zero-order valence-corrected chi connectivity index (χ0v) is 16.4. The molecule has 3 N–H and O–H groups in total. The number of carbonyl (C=O) groups is 4. The smallest absolute Gasteiger partial charge is 0.288 e. The van der Waals surface area contributed by atoms with Gasteiger partial charge in [0.05, 0.1) is 6.04 Å². The van der Waals surface area contributed by atoms with Gasteiger partial charge in [0.15, 0.2) is 5.78 Å². The highest BCUT2D eigenvalue weighted by molar-refractivity contribution is 8.13. The monoisotopic (exact) mass is 361 g/mol. The number of nitrogens with zero attached hydrogens (tertiary/aromatic N) is 1. The second kappa shape index (κ2) is 14.0. The first-order valence-corrected chi connectivity index (χ1v) is 9.20. The molecular weight excluding hydrogens is 330 g/mol. The molecule has 0 aromatic rings. The zero-order valence-electron chi connectivity index (χ0n) is 15.5. The van der Waals surface area contributed by atoms with Gasteiger partial charge in [-0.25, -0.2) is 0 Å². The Bertz CT molecular complexity index is 428. The molecule has 8 heteroatoms. The van der Waals surface area contributed by atoms with Crippen LogP contribution >= 0.6 is 11.8 Å². The van der Waals surface area contributed by atoms with Gasteiger partial charge in [-0.3, -0.25) is 24.1 Å². The highest BCUT2D eigenvalue weighted by Gasteiger charge is 2.24. The van der Waals surface area contributed by atoms with E-state index in [0.29, 0.717) is 0 Å². The van der Waals surface area contributed by atoms with E-state index in [1.807, 2.05) is 13.8 Å². The summed E-state index contributed by atoms with van der Waals surface area (Å²) in [6.45, 7) is 9.14. The predicted octanol–water partition coefficient (Wildman–Crippen LogP) is 1.79. The number of ketones is 1. The van der Waals surface area contributed by atoms with Crippen LogP contribution in [0.4, 0.5) is 4.79 Å². The maximum Gasteiger partial charge on any atom is 0.288 e. The third-order valence-corrected chi connectivity index (χ3v) is 3.98. The first-order valence-electron chi connectivity index (χ1n) is 8.21. The highest BCUT2D eigenvalue weighted by Crippen LogP contribution is 2.13. The summed E-state index contributed by atoms with van der Waals surface area (Å²) in [6.07, 6.45) is 0.211. The molecule has 0 aromatic carbocycles. The molecule has 0 aromatic heterocycles. The van der Waals surface area contributed by atoms with E-state index in [-0.39, 0.29) is 48.7 Å². The van der Waals surface area contributed by atoms with Gasteiger partial charge in [0.1, 0.15) is 0 Å². The summed E-state index contributed by atoms with van der Waals surface area (Å²) in [6, 6.07) is -0.744. The number of carbonyl (C=O) groups excluding carboxylic acids is 4. The number of imide groups is 1. The summed E-state index contributed by atoms with van der Waals surface area (Å²) < 4.78 is 0. The molecule has 7 nitrogen and oxygen atoms in total. The lowest BCUT2D eigenvalue weighted by molar-refractivity contribution is -0.128. The Morgan fingerprint density at radius 1 is 1.17 bits per heavy atom. The second-order valence-corrected chi connectivity index (χ2v) is 6.03. The summed E-state index contributed by atoms with van der Waals surface area (Å²) in [7, 11) is 1.49. The molecule has 1 atom stereocenters. The lowest BCUT2D eigenvalue weighted by Crippen LogP contribution is -2.40. The van der Waals surface area contributed by atoms with Gasteiger partial charge in [-0.05, 0) is 0 Å². The first-order chi connectivity index (χ1) is 11.2. The largest absolute Gasteiger partial charge is 0.359 e. The van der Waals surface area contributed by atoms with Gasteiger partial charge < -0.3 is 11.1 Å². The fraction of sp³-hybridized carbons (Fsp3) is 0.750. The SMILES string of the molecule is CC.CCC(=O)N(CCC(=O)NC)C(=O)SCC(N)C(=O)C(C)C. The predicted molar refractivity (Wildman–Crippen MR) is 97.7 cm³/mol. The third kappa shape index (κ3) is 9.67. The van der Waals surface area contributed by atoms with Crippen LogP contribution < -0.4 is 11.1 Å². The van der Waals surface area contributed by atoms with E-state index in [1.165, 1.54) is 7.05 Å². The molecule has 0 saturated carbocycles. The molecule has 0 bridgehead atoms. The van der Waals surface area contributed by atoms with Crippen molar-refractivity contribution in [2.24, 2.45) is 11.7 Å². The fourth-order valence-corrected chi connectivity index (χ4v) is 2.43. The number of nitrogens with two attached hydrogens (primary N) is 1. The van der Waals surface area contributed by atoms with Crippen LogP contribution in [-0.4, -0.2) is 53.1 Å². The van der Waals surface area contributed by atoms with Crippen LogP contribution in [0.1, 0.15) is 47.5 Å². The van der Waals surface area contributed by atoms with Crippen LogP contribution in [-0.2, 0) is 14.4 Å². The Balaban J connectivity index is 0. The van der Waals surface area contributed by atoms with Crippen LogP contribution in [0.5, 0.6) is 0 Å². The van der Waals surface area contributed by atoms with Gasteiger partial charge >= 0.3 is 0 Å². The van der Waals surface area contributed by atoms with Gasteiger partial charge in [0.25, 0.3) is 5.24 Å². The summed E-state index contributed by atoms with van der Waals surface area (Å²) in [4.78, 5) is 47.9. The van der Waals surface area contributed by atoms with E-state index in [2.05, 4.69) is 5.32 Å². The average molecular weight is 362 g/mol. The topological polar surface area (TPSA) is 110 Å². The Hall–Kier alpha value is -1.41. The molecule has 0 aliphatic heterocycles. The van der Waals surface area contributed by atoms with Gasteiger partial charge in [0, 0.05) is 38.1 Å². The van der Waals surface area contributed by atoms with Crippen molar-refractivity contribution in [3.63, 3.8) is 0 Å². The molecule has 3 amide bonds. The van der Waals surface area contributed by atoms with E-state index in [1.54, 1.807) is 20.8 Å². The van der Waals surface area contributed by atoms with Crippen LogP contribution in [0.15, 0.2) is 0 Å². The van der Waals surface area contributed by atoms with E-state index in [0.717, 1.165) is 16.7 Å². The zero-order chi connectivity index (χ0) is 19.3. The molecule has 0 aliphatic carbocycles. The van der Waals surface area contributed by atoms with Crippen molar-refractivity contribution in [3.8, 4) is 0 Å². The van der Waals surface area contributed by atoms with E-state index < -0.39 is 11.3 Å². The molecule has 1 unspecified atom stereocenters. The molecule has 0 fully saturated rings. The number of hydrogen-bond acceptors (Lipinski definition) is 6. The van der Waals surface area contributed by atoms with Gasteiger partial charge in [-0.1, -0.05) is 46.4 Å². The second-order valence-electron chi connectivity index (χ2n) is 5.06. The Labute approximate surface area is 149 Å². The fourth-order valence-electron chi connectivity index (χ4n) is 1.60. The van der Waals surface area contributed by atoms with Crippen LogP contribution in [0, 0.1) is 5.92 Å². The number of Topliss-reactive ketones (excluding diaryl/α,β-unsaturated/α-hetero) is 1. The minimum absolute atomic E-state index is 0.0194. The Morgan fingerprint density at radius 2 is 1.71 bits per heavy atom. The molecule has 24 heavy (non-hydrogen) atoms. The van der Waals surface area contributed by atoms with E-state index in [9.17, 15) is 19.2 Å². The average Bonchev–Trinajstić information content (AvgIpc) is 2.59. The number of hydrogen-bond donors (Lipinski definition) is 2. The minimum atomic E-state index is -0.744. The number of rotatable bonds is 8. The summed E-state index contributed by atoms with van der Waals surface area (Å²) >= 11 is 0.830. The first kappa shape index (κ1) is 24.8. The lowest BCUT2D eigenvalue weighted by atomic mass is 10.0. The molecule has 140 valence electrons. The van der Waals surface area contributed by atoms with Crippen molar-refractivity contribution in [2.75, 3.05) is 19.3 Å². The molecule has 0 saturated heterocycles. The molecule has 0 spiro atoms. The van der Waals surface area contributed by atoms with Crippen LogP contribution in [0.3, 0.4) is 0 Å². The standard InChI is InChI=1S/C14H25N3O4S.C2H6/c1-5-12(19)17(7-6-11(18)16-4)14(21)22-8-10(15)13(20)9(2)3;1-2/h9-10H,5-8,15H2,1-4H3,(H,16,18);1-2H3. The van der Waals surface area contributed by atoms with Crippen molar-refractivity contribution >= 4 is 34.6 Å². The summed E-state index contributed by atoms with van der Waals surface area (Å²) in [5.41, 5.74) is 5.73. The summed E-state index contributed by atoms with van der Waals surface area (Å²) in [5, 5.41) is 1.95. The van der Waals surface area contributed by atoms with Gasteiger partial charge in [-0.2, -0.15) is 0 Å². The third-order valence-electron chi connectivity index (χ3n) is 2.99. The van der Waals surface area contributed by atoms with Crippen LogP contribution in [0.25, 0.3) is 0 Å². The highest BCUT2D eigenvalue weighted by atomic mass is 32.2. The number of nitrogens with one attached hydrogen (secondary N) is 1. The molecular formula is C16H31N3O4S. The van der Waals surface area contributed by atoms with E-state index >= 15 is 0 Å². The van der Waals surface area contributed by atoms with Crippen molar-refractivity contribution in [1.82, 2.24) is 10.2 Å². The van der Waals surface area contributed by atoms with Gasteiger partial charge in [-0.15, -0.1) is 0 Å². The number of thioether (sulfide) groups is 1. The molecule has 0 aliphatic rings. The minimum Gasteiger partial charge on any atom is -0.359 e. The molecule has 0 radical (unpaired) electrons. The van der Waals surface area contributed by atoms with Crippen molar-refractivity contribution in [1.29, 1.82) is 0 Å². The van der Waals surface area contributed by atoms with Crippen molar-refractivity contribution in [2.45, 2.75) is 53.5 Å². The molecule has 0 heterocycles. The Kier molecular flexibility index (Phi) is 14.5. The van der Waals surface area contributed by atoms with Gasteiger partial charge in [0.2, 0.25) is 11.8 Å². The van der Waals surface area contributed by atoms with Crippen molar-refractivity contribution < 1.29 is 19.2 Å². The maximum absolute atomic E-state index is 12.1. The van der Waals surface area contributed by atoms with E-state index in [4.69, 9.17) is 5.73 Å². The summed E-state index contributed by atoms with van der Waals surface area (Å²) in [5.74, 6) is -0.821. The normalized spacial score (nSPS) is 11.2.